The van der Waals surface area contributed by atoms with Crippen LogP contribution in [-0.4, -0.2) is 25.1 Å². The number of H-pyrrole nitrogens is 2. The second-order valence-electron chi connectivity index (χ2n) is 6.53. The zero-order valence-corrected chi connectivity index (χ0v) is 16.0. The van der Waals surface area contributed by atoms with Gasteiger partial charge in [-0.25, -0.2) is 4.98 Å². The number of nitrogens with one attached hydrogen (secondary N) is 2. The van der Waals surface area contributed by atoms with Gasteiger partial charge in [0.25, 0.3) is 0 Å². The van der Waals surface area contributed by atoms with Crippen molar-refractivity contribution in [3.05, 3.63) is 76.5 Å². The third kappa shape index (κ3) is 3.39. The summed E-state index contributed by atoms with van der Waals surface area (Å²) in [4.78, 5) is 13.3. The Morgan fingerprint density at radius 3 is 2.93 bits per heavy atom. The quantitative estimate of drug-likeness (QED) is 0.440. The van der Waals surface area contributed by atoms with Gasteiger partial charge in [0.1, 0.15) is 11.6 Å². The van der Waals surface area contributed by atoms with Gasteiger partial charge in [0.15, 0.2) is 5.82 Å². The van der Waals surface area contributed by atoms with E-state index < -0.39 is 0 Å². The van der Waals surface area contributed by atoms with E-state index in [4.69, 9.17) is 4.74 Å². The first-order valence-corrected chi connectivity index (χ1v) is 9.73. The van der Waals surface area contributed by atoms with Gasteiger partial charge < -0.3 is 14.7 Å². The molecule has 0 unspecified atom stereocenters. The maximum Gasteiger partial charge on any atom is 0.219 e. The van der Waals surface area contributed by atoms with Gasteiger partial charge in [0.05, 0.1) is 11.7 Å². The van der Waals surface area contributed by atoms with E-state index in [2.05, 4.69) is 44.2 Å². The first-order chi connectivity index (χ1) is 13.7. The summed E-state index contributed by atoms with van der Waals surface area (Å²) in [6.45, 7) is 2.11. The van der Waals surface area contributed by atoms with Crippen molar-refractivity contribution >= 4 is 22.2 Å². The number of hydrogen-bond acceptors (Lipinski definition) is 5. The van der Waals surface area contributed by atoms with Crippen LogP contribution < -0.4 is 4.74 Å². The first-order valence-electron chi connectivity index (χ1n) is 8.91. The lowest BCUT2D eigenvalue weighted by Gasteiger charge is -2.06. The molecular weight excluding hydrogens is 370 g/mol. The number of fused-ring (bicyclic) bond motifs is 1. The highest BCUT2D eigenvalue weighted by Crippen LogP contribution is 2.27. The summed E-state index contributed by atoms with van der Waals surface area (Å²) >= 11 is 1.78. The topological polar surface area (TPSA) is 79.5 Å². The number of rotatable bonds is 5. The molecule has 4 aromatic heterocycles. The Bertz CT molecular complexity index is 1250. The number of nitrogens with zero attached hydrogens (tertiary/aromatic N) is 3. The normalized spacial score (nSPS) is 11.2. The van der Waals surface area contributed by atoms with Crippen LogP contribution in [0.2, 0.25) is 0 Å². The molecule has 28 heavy (non-hydrogen) atoms. The van der Waals surface area contributed by atoms with Crippen molar-refractivity contribution in [2.75, 3.05) is 0 Å². The van der Waals surface area contributed by atoms with Crippen LogP contribution in [-0.2, 0) is 6.42 Å². The highest BCUT2D eigenvalue weighted by molar-refractivity contribution is 7.11. The van der Waals surface area contributed by atoms with E-state index in [1.165, 1.54) is 9.75 Å². The minimum atomic E-state index is 0.551. The van der Waals surface area contributed by atoms with Crippen LogP contribution in [0.5, 0.6) is 11.6 Å². The molecule has 0 amide bonds. The summed E-state index contributed by atoms with van der Waals surface area (Å²) < 4.78 is 5.94. The molecule has 0 aliphatic rings. The number of aromatic amines is 2. The molecule has 0 aliphatic heterocycles. The molecule has 138 valence electrons. The molecule has 0 saturated carbocycles. The number of pyridine rings is 1. The highest BCUT2D eigenvalue weighted by Gasteiger charge is 2.09. The zero-order chi connectivity index (χ0) is 18.9. The molecule has 6 nitrogen and oxygen atoms in total. The van der Waals surface area contributed by atoms with Crippen LogP contribution in [0.3, 0.4) is 0 Å². The number of ether oxygens (including phenoxy) is 1. The van der Waals surface area contributed by atoms with Crippen LogP contribution in [0.15, 0.2) is 60.9 Å². The fraction of sp³-hybridized carbons (Fsp3) is 0.0952. The Morgan fingerprint density at radius 2 is 2.04 bits per heavy atom. The predicted octanol–water partition coefficient (Wildman–Crippen LogP) is 5.10. The van der Waals surface area contributed by atoms with Gasteiger partial charge in [0.2, 0.25) is 5.88 Å². The van der Waals surface area contributed by atoms with Gasteiger partial charge in [-0.15, -0.1) is 21.5 Å². The largest absolute Gasteiger partial charge is 0.439 e. The van der Waals surface area contributed by atoms with Crippen molar-refractivity contribution in [3.8, 4) is 23.0 Å². The molecule has 0 radical (unpaired) electrons. The van der Waals surface area contributed by atoms with E-state index in [0.29, 0.717) is 11.6 Å². The van der Waals surface area contributed by atoms with Crippen LogP contribution in [0.25, 0.3) is 22.3 Å². The summed E-state index contributed by atoms with van der Waals surface area (Å²) in [5.41, 5.74) is 1.90. The number of aromatic nitrogens is 5. The van der Waals surface area contributed by atoms with E-state index in [9.17, 15) is 0 Å². The number of thiophene rings is 1. The monoisotopic (exact) mass is 387 g/mol. The molecule has 0 saturated heterocycles. The van der Waals surface area contributed by atoms with Crippen molar-refractivity contribution in [1.82, 2.24) is 25.1 Å². The maximum atomic E-state index is 5.94. The smallest absolute Gasteiger partial charge is 0.219 e. The van der Waals surface area contributed by atoms with Gasteiger partial charge in [-0.2, -0.15) is 0 Å². The Kier molecular flexibility index (Phi) is 4.14. The summed E-state index contributed by atoms with van der Waals surface area (Å²) in [6, 6.07) is 15.9. The fourth-order valence-corrected chi connectivity index (χ4v) is 3.96. The lowest BCUT2D eigenvalue weighted by Crippen LogP contribution is -1.89. The molecule has 0 fully saturated rings. The summed E-state index contributed by atoms with van der Waals surface area (Å²) in [5, 5.41) is 9.64. The molecule has 0 spiro atoms. The average Bonchev–Trinajstić information content (AvgIpc) is 3.43. The van der Waals surface area contributed by atoms with E-state index >= 15 is 0 Å². The molecule has 1 aromatic carbocycles. The third-order valence-corrected chi connectivity index (χ3v) is 5.41. The Labute approximate surface area is 165 Å². The van der Waals surface area contributed by atoms with Crippen molar-refractivity contribution in [2.45, 2.75) is 13.3 Å². The lowest BCUT2D eigenvalue weighted by molar-refractivity contribution is 0.464. The van der Waals surface area contributed by atoms with Crippen molar-refractivity contribution in [2.24, 2.45) is 0 Å². The van der Waals surface area contributed by atoms with Gasteiger partial charge in [-0.3, -0.25) is 0 Å². The minimum Gasteiger partial charge on any atom is -0.439 e. The average molecular weight is 387 g/mol. The van der Waals surface area contributed by atoms with E-state index in [1.54, 1.807) is 17.5 Å². The summed E-state index contributed by atoms with van der Waals surface area (Å²) in [6.07, 6.45) is 4.40. The number of benzene rings is 1. The lowest BCUT2D eigenvalue weighted by atomic mass is 10.2. The molecule has 0 aliphatic carbocycles. The Balaban J connectivity index is 1.36. The molecule has 5 rings (SSSR count). The SMILES string of the molecule is Cc1ccc(Cc2nnc(-c3cccc(Oc4cc5cc[nH]c5cn4)c3)[nH]2)s1. The second kappa shape index (κ2) is 6.94. The zero-order valence-electron chi connectivity index (χ0n) is 15.1. The van der Waals surface area contributed by atoms with Crippen LogP contribution >= 0.6 is 11.3 Å². The van der Waals surface area contributed by atoms with Gasteiger partial charge >= 0.3 is 0 Å². The van der Waals surface area contributed by atoms with Gasteiger partial charge in [0, 0.05) is 39.4 Å². The fourth-order valence-electron chi connectivity index (χ4n) is 3.07. The number of aryl methyl sites for hydroxylation is 1. The molecule has 2 N–H and O–H groups in total. The minimum absolute atomic E-state index is 0.551. The Morgan fingerprint density at radius 1 is 1.07 bits per heavy atom. The Hall–Kier alpha value is -3.45. The van der Waals surface area contributed by atoms with Crippen LogP contribution in [0.1, 0.15) is 15.6 Å². The maximum absolute atomic E-state index is 5.94. The molecular formula is C21H17N5OS. The van der Waals surface area contributed by atoms with Crippen LogP contribution in [0, 0.1) is 6.92 Å². The van der Waals surface area contributed by atoms with Crippen LogP contribution in [0.4, 0.5) is 0 Å². The van der Waals surface area contributed by atoms with Crippen molar-refractivity contribution in [1.29, 1.82) is 0 Å². The van der Waals surface area contributed by atoms with E-state index in [1.807, 2.05) is 42.6 Å². The molecule has 0 bridgehead atoms. The number of hydrogen-bond donors (Lipinski definition) is 2. The summed E-state index contributed by atoms with van der Waals surface area (Å²) in [7, 11) is 0. The molecule has 0 atom stereocenters. The van der Waals surface area contributed by atoms with Gasteiger partial charge in [-0.05, 0) is 37.3 Å². The predicted molar refractivity (Wildman–Crippen MR) is 110 cm³/mol. The molecule has 7 heteroatoms. The van der Waals surface area contributed by atoms with E-state index in [-0.39, 0.29) is 0 Å². The molecule has 4 heterocycles. The highest BCUT2D eigenvalue weighted by atomic mass is 32.1. The first kappa shape index (κ1) is 16.7. The summed E-state index contributed by atoms with van der Waals surface area (Å²) in [5.74, 6) is 2.83. The van der Waals surface area contributed by atoms with E-state index in [0.717, 1.165) is 34.5 Å². The second-order valence-corrected chi connectivity index (χ2v) is 7.90. The standard InChI is InChI=1S/C21H17N5OS/c1-13-5-6-17(28-13)11-19-24-21(26-25-19)15-3-2-4-16(9-15)27-20-10-14-7-8-22-18(14)12-23-20/h2-10,12,22H,11H2,1H3,(H,24,25,26). The third-order valence-electron chi connectivity index (χ3n) is 4.41. The molecule has 5 aromatic rings. The van der Waals surface area contributed by atoms with Gasteiger partial charge in [-0.1, -0.05) is 12.1 Å². The van der Waals surface area contributed by atoms with Crippen molar-refractivity contribution in [3.63, 3.8) is 0 Å². The van der Waals surface area contributed by atoms with Crippen molar-refractivity contribution < 1.29 is 4.74 Å².